The van der Waals surface area contributed by atoms with Gasteiger partial charge < -0.3 is 15.6 Å². The van der Waals surface area contributed by atoms with Gasteiger partial charge in [0.05, 0.1) is 6.54 Å². The molecule has 0 saturated carbocycles. The van der Waals surface area contributed by atoms with Gasteiger partial charge in [-0.1, -0.05) is 0 Å². The SMILES string of the molecule is CC(C)(C)NC(=O)CNCc1ccc[nH]1. The van der Waals surface area contributed by atoms with E-state index in [4.69, 9.17) is 0 Å². The highest BCUT2D eigenvalue weighted by Crippen LogP contribution is 1.97. The molecule has 0 spiro atoms. The Morgan fingerprint density at radius 2 is 2.20 bits per heavy atom. The van der Waals surface area contributed by atoms with Gasteiger partial charge in [-0.25, -0.2) is 0 Å². The zero-order chi connectivity index (χ0) is 11.3. The Morgan fingerprint density at radius 1 is 1.47 bits per heavy atom. The predicted molar refractivity (Wildman–Crippen MR) is 60.4 cm³/mol. The van der Waals surface area contributed by atoms with Crippen LogP contribution in [-0.2, 0) is 11.3 Å². The van der Waals surface area contributed by atoms with Crippen LogP contribution >= 0.6 is 0 Å². The largest absolute Gasteiger partial charge is 0.364 e. The maximum absolute atomic E-state index is 11.4. The van der Waals surface area contributed by atoms with E-state index in [9.17, 15) is 4.79 Å². The van der Waals surface area contributed by atoms with E-state index in [-0.39, 0.29) is 11.4 Å². The summed E-state index contributed by atoms with van der Waals surface area (Å²) in [4.78, 5) is 14.5. The summed E-state index contributed by atoms with van der Waals surface area (Å²) in [7, 11) is 0. The van der Waals surface area contributed by atoms with Crippen LogP contribution in [0.2, 0.25) is 0 Å². The van der Waals surface area contributed by atoms with Gasteiger partial charge in [0.2, 0.25) is 5.91 Å². The molecule has 4 nitrogen and oxygen atoms in total. The fraction of sp³-hybridized carbons (Fsp3) is 0.545. The first-order valence-corrected chi connectivity index (χ1v) is 5.11. The summed E-state index contributed by atoms with van der Waals surface area (Å²) >= 11 is 0. The van der Waals surface area contributed by atoms with Gasteiger partial charge >= 0.3 is 0 Å². The lowest BCUT2D eigenvalue weighted by Crippen LogP contribution is -2.44. The second-order valence-corrected chi connectivity index (χ2v) is 4.60. The van der Waals surface area contributed by atoms with Crippen molar-refractivity contribution in [1.29, 1.82) is 0 Å². The number of rotatable bonds is 4. The van der Waals surface area contributed by atoms with Crippen LogP contribution in [0.5, 0.6) is 0 Å². The average molecular weight is 209 g/mol. The predicted octanol–water partition coefficient (Wildman–Crippen LogP) is 1.02. The lowest BCUT2D eigenvalue weighted by atomic mass is 10.1. The van der Waals surface area contributed by atoms with Crippen molar-refractivity contribution in [1.82, 2.24) is 15.6 Å². The molecular weight excluding hydrogens is 190 g/mol. The van der Waals surface area contributed by atoms with Crippen molar-refractivity contribution in [2.75, 3.05) is 6.54 Å². The van der Waals surface area contributed by atoms with Crippen LogP contribution in [0.1, 0.15) is 26.5 Å². The fourth-order valence-corrected chi connectivity index (χ4v) is 1.25. The van der Waals surface area contributed by atoms with Gasteiger partial charge in [-0.05, 0) is 32.9 Å². The zero-order valence-electron chi connectivity index (χ0n) is 9.55. The minimum absolute atomic E-state index is 0.0223. The average Bonchev–Trinajstić information content (AvgIpc) is 2.53. The van der Waals surface area contributed by atoms with Crippen LogP contribution in [0, 0.1) is 0 Å². The highest BCUT2D eigenvalue weighted by Gasteiger charge is 2.12. The number of H-pyrrole nitrogens is 1. The molecular formula is C11H19N3O. The topological polar surface area (TPSA) is 56.9 Å². The highest BCUT2D eigenvalue weighted by atomic mass is 16.2. The number of nitrogens with one attached hydrogen (secondary N) is 3. The van der Waals surface area contributed by atoms with Gasteiger partial charge in [-0.15, -0.1) is 0 Å². The highest BCUT2D eigenvalue weighted by molar-refractivity contribution is 5.78. The van der Waals surface area contributed by atoms with Crippen molar-refractivity contribution < 1.29 is 4.79 Å². The Kier molecular flexibility index (Phi) is 3.91. The molecule has 0 atom stereocenters. The Bertz CT molecular complexity index is 298. The van der Waals surface area contributed by atoms with Gasteiger partial charge in [0.15, 0.2) is 0 Å². The zero-order valence-corrected chi connectivity index (χ0v) is 9.55. The fourth-order valence-electron chi connectivity index (χ4n) is 1.25. The molecule has 0 aliphatic rings. The van der Waals surface area contributed by atoms with E-state index in [1.807, 2.05) is 39.1 Å². The number of carbonyl (C=O) groups is 1. The first kappa shape index (κ1) is 11.8. The molecule has 0 fully saturated rings. The second kappa shape index (κ2) is 4.98. The molecule has 1 rings (SSSR count). The normalized spacial score (nSPS) is 11.4. The van der Waals surface area contributed by atoms with Crippen LogP contribution in [0.4, 0.5) is 0 Å². The van der Waals surface area contributed by atoms with E-state index < -0.39 is 0 Å². The van der Waals surface area contributed by atoms with Crippen molar-refractivity contribution in [3.05, 3.63) is 24.0 Å². The number of amides is 1. The van der Waals surface area contributed by atoms with Gasteiger partial charge in [0, 0.05) is 24.0 Å². The smallest absolute Gasteiger partial charge is 0.234 e. The summed E-state index contributed by atoms with van der Waals surface area (Å²) in [5, 5.41) is 5.95. The lowest BCUT2D eigenvalue weighted by molar-refractivity contribution is -0.121. The Morgan fingerprint density at radius 3 is 2.73 bits per heavy atom. The maximum Gasteiger partial charge on any atom is 0.234 e. The molecule has 1 aromatic rings. The molecule has 1 aromatic heterocycles. The Labute approximate surface area is 90.5 Å². The molecule has 0 unspecified atom stereocenters. The molecule has 15 heavy (non-hydrogen) atoms. The number of hydrogen-bond donors (Lipinski definition) is 3. The minimum Gasteiger partial charge on any atom is -0.364 e. The number of aromatic nitrogens is 1. The standard InChI is InChI=1S/C11H19N3O/c1-11(2,3)14-10(15)8-12-7-9-5-4-6-13-9/h4-6,12-13H,7-8H2,1-3H3,(H,14,15). The third-order valence-electron chi connectivity index (χ3n) is 1.78. The molecule has 4 heteroatoms. The van der Waals surface area contributed by atoms with Crippen molar-refractivity contribution in [3.63, 3.8) is 0 Å². The molecule has 0 saturated heterocycles. The Hall–Kier alpha value is -1.29. The molecule has 84 valence electrons. The van der Waals surface area contributed by atoms with Gasteiger partial charge in [-0.2, -0.15) is 0 Å². The van der Waals surface area contributed by atoms with E-state index >= 15 is 0 Å². The molecule has 0 bridgehead atoms. The van der Waals surface area contributed by atoms with Crippen LogP contribution in [0.3, 0.4) is 0 Å². The molecule has 0 aliphatic carbocycles. The molecule has 3 N–H and O–H groups in total. The minimum atomic E-state index is -0.162. The second-order valence-electron chi connectivity index (χ2n) is 4.60. The molecule has 1 amide bonds. The van der Waals surface area contributed by atoms with Crippen molar-refractivity contribution in [2.45, 2.75) is 32.9 Å². The van der Waals surface area contributed by atoms with Crippen LogP contribution in [0.15, 0.2) is 18.3 Å². The number of carbonyl (C=O) groups excluding carboxylic acids is 1. The van der Waals surface area contributed by atoms with E-state index in [1.165, 1.54) is 0 Å². The van der Waals surface area contributed by atoms with Crippen LogP contribution < -0.4 is 10.6 Å². The molecule has 1 heterocycles. The summed E-state index contributed by atoms with van der Waals surface area (Å²) in [5.41, 5.74) is 0.920. The lowest BCUT2D eigenvalue weighted by Gasteiger charge is -2.20. The summed E-state index contributed by atoms with van der Waals surface area (Å²) in [6.07, 6.45) is 1.87. The van der Waals surface area contributed by atoms with E-state index in [0.29, 0.717) is 13.1 Å². The summed E-state index contributed by atoms with van der Waals surface area (Å²) < 4.78 is 0. The van der Waals surface area contributed by atoms with Crippen molar-refractivity contribution in [2.24, 2.45) is 0 Å². The molecule has 0 aliphatic heterocycles. The number of aromatic amines is 1. The van der Waals surface area contributed by atoms with E-state index in [2.05, 4.69) is 15.6 Å². The Balaban J connectivity index is 2.18. The van der Waals surface area contributed by atoms with Crippen LogP contribution in [-0.4, -0.2) is 23.0 Å². The summed E-state index contributed by atoms with van der Waals surface area (Å²) in [6, 6.07) is 3.92. The number of hydrogen-bond acceptors (Lipinski definition) is 2. The van der Waals surface area contributed by atoms with Crippen molar-refractivity contribution >= 4 is 5.91 Å². The monoisotopic (exact) mass is 209 g/mol. The molecule has 0 aromatic carbocycles. The summed E-state index contributed by atoms with van der Waals surface area (Å²) in [6.45, 7) is 6.93. The van der Waals surface area contributed by atoms with Gasteiger partial charge in [-0.3, -0.25) is 4.79 Å². The maximum atomic E-state index is 11.4. The van der Waals surface area contributed by atoms with Gasteiger partial charge in [0.25, 0.3) is 0 Å². The van der Waals surface area contributed by atoms with E-state index in [1.54, 1.807) is 0 Å². The third-order valence-corrected chi connectivity index (χ3v) is 1.78. The molecule has 0 radical (unpaired) electrons. The summed E-state index contributed by atoms with van der Waals surface area (Å²) in [5.74, 6) is 0.0223. The first-order chi connectivity index (χ1) is 6.97. The van der Waals surface area contributed by atoms with Crippen molar-refractivity contribution in [3.8, 4) is 0 Å². The third kappa shape index (κ3) is 5.22. The van der Waals surface area contributed by atoms with Crippen LogP contribution in [0.25, 0.3) is 0 Å². The first-order valence-electron chi connectivity index (χ1n) is 5.11. The quantitative estimate of drug-likeness (QED) is 0.693. The van der Waals surface area contributed by atoms with E-state index in [0.717, 1.165) is 5.69 Å². The van der Waals surface area contributed by atoms with Gasteiger partial charge in [0.1, 0.15) is 0 Å².